The quantitative estimate of drug-likeness (QED) is 0.878. The minimum absolute atomic E-state index is 0.589. The molecular weight excluding hydrogens is 220 g/mol. The highest BCUT2D eigenvalue weighted by Crippen LogP contribution is 2.34. The molecule has 1 fully saturated rings. The van der Waals surface area contributed by atoms with Crippen molar-refractivity contribution < 1.29 is 0 Å². The first-order valence-electron chi connectivity index (χ1n) is 7.30. The maximum Gasteiger partial charge on any atom is 0.0388 e. The molecule has 0 spiro atoms. The van der Waals surface area contributed by atoms with E-state index in [0.717, 1.165) is 19.0 Å². The summed E-state index contributed by atoms with van der Waals surface area (Å²) < 4.78 is 0. The van der Waals surface area contributed by atoms with Crippen LogP contribution in [0.15, 0.2) is 30.3 Å². The van der Waals surface area contributed by atoms with Crippen LogP contribution in [0.1, 0.15) is 37.8 Å². The summed E-state index contributed by atoms with van der Waals surface area (Å²) in [5.74, 6) is 0.736. The molecule has 1 aromatic carbocycles. The first kappa shape index (κ1) is 13.6. The van der Waals surface area contributed by atoms with E-state index in [1.54, 1.807) is 0 Å². The number of nitrogens with one attached hydrogen (secondary N) is 1. The Morgan fingerprint density at radius 2 is 2.00 bits per heavy atom. The van der Waals surface area contributed by atoms with Gasteiger partial charge in [-0.2, -0.15) is 0 Å². The van der Waals surface area contributed by atoms with E-state index in [0.29, 0.717) is 6.04 Å². The van der Waals surface area contributed by atoms with Gasteiger partial charge >= 0.3 is 0 Å². The number of hydrogen-bond donors (Lipinski definition) is 1. The van der Waals surface area contributed by atoms with E-state index >= 15 is 0 Å². The van der Waals surface area contributed by atoms with Gasteiger partial charge in [-0.05, 0) is 51.0 Å². The van der Waals surface area contributed by atoms with Crippen molar-refractivity contribution in [2.75, 3.05) is 26.7 Å². The van der Waals surface area contributed by atoms with Crippen LogP contribution in [0.2, 0.25) is 0 Å². The Kier molecular flexibility index (Phi) is 5.21. The minimum Gasteiger partial charge on any atom is -0.319 e. The standard InChI is InChI=1S/C16H26N2/c1-3-18-12-8-7-11-15(13-17-2)16(18)14-9-5-4-6-10-14/h4-6,9-10,15-17H,3,7-8,11-13H2,1-2H3. The Labute approximate surface area is 111 Å². The van der Waals surface area contributed by atoms with Gasteiger partial charge in [0, 0.05) is 6.04 Å². The average Bonchev–Trinajstić information content (AvgIpc) is 2.62. The van der Waals surface area contributed by atoms with Crippen LogP contribution in [0.5, 0.6) is 0 Å². The summed E-state index contributed by atoms with van der Waals surface area (Å²) in [5.41, 5.74) is 1.49. The van der Waals surface area contributed by atoms with Crippen molar-refractivity contribution in [2.45, 2.75) is 32.2 Å². The fourth-order valence-corrected chi connectivity index (χ4v) is 3.28. The van der Waals surface area contributed by atoms with E-state index in [1.807, 2.05) is 0 Å². The molecule has 1 saturated heterocycles. The molecule has 2 nitrogen and oxygen atoms in total. The molecule has 1 aliphatic rings. The third-order valence-electron chi connectivity index (χ3n) is 4.12. The van der Waals surface area contributed by atoms with Crippen LogP contribution in [-0.4, -0.2) is 31.6 Å². The smallest absolute Gasteiger partial charge is 0.0388 e. The van der Waals surface area contributed by atoms with Gasteiger partial charge in [0.05, 0.1) is 0 Å². The van der Waals surface area contributed by atoms with Gasteiger partial charge in [-0.1, -0.05) is 43.7 Å². The summed E-state index contributed by atoms with van der Waals surface area (Å²) in [5, 5.41) is 3.38. The van der Waals surface area contributed by atoms with E-state index in [9.17, 15) is 0 Å². The van der Waals surface area contributed by atoms with Gasteiger partial charge in [0.2, 0.25) is 0 Å². The zero-order valence-electron chi connectivity index (χ0n) is 11.7. The zero-order valence-corrected chi connectivity index (χ0v) is 11.7. The lowest BCUT2D eigenvalue weighted by Gasteiger charge is -2.34. The number of rotatable bonds is 4. The molecule has 0 amide bonds. The van der Waals surface area contributed by atoms with Crippen LogP contribution in [0.25, 0.3) is 0 Å². The van der Waals surface area contributed by atoms with Crippen molar-refractivity contribution in [3.05, 3.63) is 35.9 Å². The molecule has 100 valence electrons. The van der Waals surface area contributed by atoms with Crippen molar-refractivity contribution in [1.82, 2.24) is 10.2 Å². The van der Waals surface area contributed by atoms with Crippen LogP contribution in [0.3, 0.4) is 0 Å². The highest BCUT2D eigenvalue weighted by atomic mass is 15.2. The number of hydrogen-bond acceptors (Lipinski definition) is 2. The van der Waals surface area contributed by atoms with Crippen LogP contribution < -0.4 is 5.32 Å². The summed E-state index contributed by atoms with van der Waals surface area (Å²) in [4.78, 5) is 2.66. The average molecular weight is 246 g/mol. The van der Waals surface area contributed by atoms with Crippen LogP contribution in [0, 0.1) is 5.92 Å². The number of likely N-dealkylation sites (tertiary alicyclic amines) is 1. The summed E-state index contributed by atoms with van der Waals surface area (Å²) in [6.45, 7) is 5.81. The molecule has 18 heavy (non-hydrogen) atoms. The number of benzene rings is 1. The highest BCUT2D eigenvalue weighted by Gasteiger charge is 2.29. The molecule has 1 N–H and O–H groups in total. The molecule has 2 rings (SSSR count). The van der Waals surface area contributed by atoms with Gasteiger partial charge < -0.3 is 5.32 Å². The van der Waals surface area contributed by atoms with Crippen LogP contribution >= 0.6 is 0 Å². The van der Waals surface area contributed by atoms with E-state index in [-0.39, 0.29) is 0 Å². The van der Waals surface area contributed by atoms with Gasteiger partial charge in [-0.15, -0.1) is 0 Å². The second kappa shape index (κ2) is 6.91. The van der Waals surface area contributed by atoms with Crippen molar-refractivity contribution in [2.24, 2.45) is 5.92 Å². The normalized spacial score (nSPS) is 25.9. The third-order valence-corrected chi connectivity index (χ3v) is 4.12. The fraction of sp³-hybridized carbons (Fsp3) is 0.625. The Bertz CT molecular complexity index is 336. The van der Waals surface area contributed by atoms with E-state index < -0.39 is 0 Å². The monoisotopic (exact) mass is 246 g/mol. The molecular formula is C16H26N2. The van der Waals surface area contributed by atoms with E-state index in [2.05, 4.69) is 54.5 Å². The fourth-order valence-electron chi connectivity index (χ4n) is 3.28. The van der Waals surface area contributed by atoms with Crippen molar-refractivity contribution in [3.8, 4) is 0 Å². The molecule has 1 aromatic rings. The van der Waals surface area contributed by atoms with Gasteiger partial charge in [-0.25, -0.2) is 0 Å². The predicted molar refractivity (Wildman–Crippen MR) is 77.7 cm³/mol. The largest absolute Gasteiger partial charge is 0.319 e. The van der Waals surface area contributed by atoms with Crippen molar-refractivity contribution in [3.63, 3.8) is 0 Å². The van der Waals surface area contributed by atoms with Crippen LogP contribution in [0.4, 0.5) is 0 Å². The third kappa shape index (κ3) is 3.12. The minimum atomic E-state index is 0.589. The Hall–Kier alpha value is -0.860. The summed E-state index contributed by atoms with van der Waals surface area (Å²) in [6.07, 6.45) is 4.06. The second-order valence-corrected chi connectivity index (χ2v) is 5.30. The molecule has 0 saturated carbocycles. The molecule has 2 heteroatoms. The SMILES string of the molecule is CCN1CCCCC(CNC)C1c1ccccc1. The lowest BCUT2D eigenvalue weighted by molar-refractivity contribution is 0.162. The van der Waals surface area contributed by atoms with Gasteiger partial charge in [0.15, 0.2) is 0 Å². The Morgan fingerprint density at radius 3 is 2.67 bits per heavy atom. The highest BCUT2D eigenvalue weighted by molar-refractivity contribution is 5.20. The maximum atomic E-state index is 3.38. The maximum absolute atomic E-state index is 3.38. The van der Waals surface area contributed by atoms with E-state index in [4.69, 9.17) is 0 Å². The van der Waals surface area contributed by atoms with Crippen molar-refractivity contribution in [1.29, 1.82) is 0 Å². The molecule has 2 unspecified atom stereocenters. The Morgan fingerprint density at radius 1 is 1.22 bits per heavy atom. The molecule has 0 radical (unpaired) electrons. The predicted octanol–water partition coefficient (Wildman–Crippen LogP) is 3.07. The molecule has 1 heterocycles. The van der Waals surface area contributed by atoms with E-state index in [1.165, 1.54) is 31.4 Å². The lowest BCUT2D eigenvalue weighted by atomic mass is 9.89. The molecule has 1 aliphatic heterocycles. The lowest BCUT2D eigenvalue weighted by Crippen LogP contribution is -2.36. The summed E-state index contributed by atoms with van der Waals surface area (Å²) in [6, 6.07) is 11.6. The van der Waals surface area contributed by atoms with Crippen molar-refractivity contribution >= 4 is 0 Å². The van der Waals surface area contributed by atoms with Gasteiger partial charge in [-0.3, -0.25) is 4.90 Å². The molecule has 2 atom stereocenters. The van der Waals surface area contributed by atoms with Gasteiger partial charge in [0.25, 0.3) is 0 Å². The second-order valence-electron chi connectivity index (χ2n) is 5.30. The zero-order chi connectivity index (χ0) is 12.8. The van der Waals surface area contributed by atoms with Crippen LogP contribution in [-0.2, 0) is 0 Å². The molecule has 0 aliphatic carbocycles. The first-order chi connectivity index (χ1) is 8.86. The molecule has 0 aromatic heterocycles. The summed E-state index contributed by atoms with van der Waals surface area (Å²) in [7, 11) is 2.07. The Balaban J connectivity index is 2.26. The topological polar surface area (TPSA) is 15.3 Å². The van der Waals surface area contributed by atoms with Gasteiger partial charge in [0.1, 0.15) is 0 Å². The first-order valence-corrected chi connectivity index (χ1v) is 7.30. The number of nitrogens with zero attached hydrogens (tertiary/aromatic N) is 1. The summed E-state index contributed by atoms with van der Waals surface area (Å²) >= 11 is 0. The molecule has 0 bridgehead atoms.